The summed E-state index contributed by atoms with van der Waals surface area (Å²) in [5, 5.41) is 6.99. The molecule has 3 aromatic rings. The Morgan fingerprint density at radius 1 is 1.35 bits per heavy atom. The Morgan fingerprint density at radius 3 is 2.88 bits per heavy atom. The van der Waals surface area contributed by atoms with Gasteiger partial charge in [0.2, 0.25) is 0 Å². The Hall–Kier alpha value is -1.47. The number of halogens is 1. The Kier molecular flexibility index (Phi) is 5.27. The van der Waals surface area contributed by atoms with Crippen LogP contribution in [-0.2, 0) is 6.54 Å². The van der Waals surface area contributed by atoms with Crippen molar-refractivity contribution < 1.29 is 4.79 Å². The maximum absolute atomic E-state index is 12.6. The van der Waals surface area contributed by atoms with Gasteiger partial charge in [0.25, 0.3) is 5.91 Å². The third-order valence-electron chi connectivity index (χ3n) is 4.78. The first-order valence-electron chi connectivity index (χ1n) is 8.75. The highest BCUT2D eigenvalue weighted by Gasteiger charge is 2.19. The molecular weight excluding hydrogens is 386 g/mol. The molecule has 4 nitrogen and oxygen atoms in total. The highest BCUT2D eigenvalue weighted by atomic mass is 35.5. The van der Waals surface area contributed by atoms with Gasteiger partial charge in [-0.3, -0.25) is 15.0 Å². The summed E-state index contributed by atoms with van der Waals surface area (Å²) in [6, 6.07) is 7.79. The largest absolute Gasteiger partial charge is 0.297 e. The van der Waals surface area contributed by atoms with Gasteiger partial charge in [-0.15, -0.1) is 22.7 Å². The quantitative estimate of drug-likeness (QED) is 0.623. The van der Waals surface area contributed by atoms with E-state index in [0.29, 0.717) is 15.0 Å². The van der Waals surface area contributed by atoms with Crippen molar-refractivity contribution in [1.29, 1.82) is 0 Å². The minimum absolute atomic E-state index is 0.191. The van der Waals surface area contributed by atoms with E-state index >= 15 is 0 Å². The van der Waals surface area contributed by atoms with Crippen molar-refractivity contribution in [3.63, 3.8) is 0 Å². The van der Waals surface area contributed by atoms with E-state index in [9.17, 15) is 4.79 Å². The van der Waals surface area contributed by atoms with Gasteiger partial charge in [0, 0.05) is 22.0 Å². The number of carbonyl (C=O) groups is 1. The van der Waals surface area contributed by atoms with Gasteiger partial charge in [-0.1, -0.05) is 36.7 Å². The van der Waals surface area contributed by atoms with Crippen LogP contribution in [0.3, 0.4) is 0 Å². The number of amides is 1. The fourth-order valence-corrected chi connectivity index (χ4v) is 5.31. The molecule has 1 N–H and O–H groups in total. The second-order valence-corrected chi connectivity index (χ2v) is 9.09. The van der Waals surface area contributed by atoms with Crippen LogP contribution in [0.25, 0.3) is 10.1 Å². The molecule has 7 heteroatoms. The van der Waals surface area contributed by atoms with Crippen molar-refractivity contribution in [2.24, 2.45) is 5.92 Å². The Bertz CT molecular complexity index is 928. The van der Waals surface area contributed by atoms with E-state index < -0.39 is 0 Å². The average molecular weight is 406 g/mol. The molecule has 136 valence electrons. The van der Waals surface area contributed by atoms with Crippen molar-refractivity contribution in [2.45, 2.75) is 26.3 Å². The van der Waals surface area contributed by atoms with E-state index in [1.807, 2.05) is 29.6 Å². The number of thiophene rings is 1. The molecule has 0 unspecified atom stereocenters. The molecular formula is C19H20ClN3OS2. The lowest BCUT2D eigenvalue weighted by Crippen LogP contribution is -2.32. The molecule has 0 atom stereocenters. The molecule has 1 aliphatic heterocycles. The van der Waals surface area contributed by atoms with E-state index in [-0.39, 0.29) is 5.91 Å². The SMILES string of the molecule is CC1CCN(Cc2csc(NC(=O)c3sc4ccccc4c3Cl)n2)CC1. The highest BCUT2D eigenvalue weighted by Crippen LogP contribution is 2.35. The number of fused-ring (bicyclic) bond motifs is 1. The summed E-state index contributed by atoms with van der Waals surface area (Å²) in [5.74, 6) is 0.631. The van der Waals surface area contributed by atoms with Crippen molar-refractivity contribution in [3.05, 3.63) is 45.2 Å². The van der Waals surface area contributed by atoms with Crippen molar-refractivity contribution in [1.82, 2.24) is 9.88 Å². The van der Waals surface area contributed by atoms with Gasteiger partial charge in [-0.2, -0.15) is 0 Å². The predicted octanol–water partition coefficient (Wildman–Crippen LogP) is 5.50. The maximum Gasteiger partial charge on any atom is 0.269 e. The number of aromatic nitrogens is 1. The molecule has 3 heterocycles. The molecule has 0 spiro atoms. The predicted molar refractivity (Wildman–Crippen MR) is 111 cm³/mol. The first-order chi connectivity index (χ1) is 12.6. The topological polar surface area (TPSA) is 45.2 Å². The number of likely N-dealkylation sites (tertiary alicyclic amines) is 1. The number of nitrogens with zero attached hydrogens (tertiary/aromatic N) is 2. The lowest BCUT2D eigenvalue weighted by Gasteiger charge is -2.29. The molecule has 1 aliphatic rings. The minimum atomic E-state index is -0.191. The molecule has 0 radical (unpaired) electrons. The van der Waals surface area contributed by atoms with E-state index in [2.05, 4.69) is 22.1 Å². The maximum atomic E-state index is 12.6. The summed E-state index contributed by atoms with van der Waals surface area (Å²) >= 11 is 9.27. The summed E-state index contributed by atoms with van der Waals surface area (Å²) in [5.41, 5.74) is 1.02. The van der Waals surface area contributed by atoms with Crippen LogP contribution >= 0.6 is 34.3 Å². The minimum Gasteiger partial charge on any atom is -0.297 e. The molecule has 4 rings (SSSR count). The van der Waals surface area contributed by atoms with Crippen molar-refractivity contribution in [3.8, 4) is 0 Å². The molecule has 1 amide bonds. The number of anilines is 1. The van der Waals surface area contributed by atoms with Crippen molar-refractivity contribution >= 4 is 55.4 Å². The molecule has 0 aliphatic carbocycles. The molecule has 1 fully saturated rings. The number of thiazole rings is 1. The second-order valence-electron chi connectivity index (χ2n) is 6.80. The van der Waals surface area contributed by atoms with Crippen molar-refractivity contribution in [2.75, 3.05) is 18.4 Å². The molecule has 2 aromatic heterocycles. The lowest BCUT2D eigenvalue weighted by molar-refractivity contribution is 0.103. The Labute approximate surface area is 165 Å². The Morgan fingerprint density at radius 2 is 2.12 bits per heavy atom. The van der Waals surface area contributed by atoms with Gasteiger partial charge in [0.15, 0.2) is 5.13 Å². The molecule has 0 bridgehead atoms. The van der Waals surface area contributed by atoms with Crippen LogP contribution in [0.1, 0.15) is 35.1 Å². The van der Waals surface area contributed by atoms with E-state index in [0.717, 1.165) is 41.3 Å². The zero-order valence-corrected chi connectivity index (χ0v) is 16.9. The summed E-state index contributed by atoms with van der Waals surface area (Å²) in [4.78, 5) is 20.2. The summed E-state index contributed by atoms with van der Waals surface area (Å²) in [6.45, 7) is 5.41. The van der Waals surface area contributed by atoms with Crippen LogP contribution in [0.5, 0.6) is 0 Å². The number of hydrogen-bond acceptors (Lipinski definition) is 5. The molecule has 26 heavy (non-hydrogen) atoms. The lowest BCUT2D eigenvalue weighted by atomic mass is 9.99. The smallest absolute Gasteiger partial charge is 0.269 e. The molecule has 0 saturated carbocycles. The summed E-state index contributed by atoms with van der Waals surface area (Å²) in [6.07, 6.45) is 2.50. The number of carbonyl (C=O) groups excluding carboxylic acids is 1. The van der Waals surface area contributed by atoms with Gasteiger partial charge in [-0.05, 0) is 37.9 Å². The van der Waals surface area contributed by atoms with Crippen LogP contribution in [-0.4, -0.2) is 28.9 Å². The number of rotatable bonds is 4. The zero-order valence-electron chi connectivity index (χ0n) is 14.5. The third-order valence-corrected chi connectivity index (χ3v) is 7.26. The van der Waals surface area contributed by atoms with Crippen LogP contribution in [0.15, 0.2) is 29.6 Å². The van der Waals surface area contributed by atoms with Crippen LogP contribution < -0.4 is 5.32 Å². The third kappa shape index (κ3) is 3.78. The van der Waals surface area contributed by atoms with E-state index in [1.54, 1.807) is 0 Å². The first kappa shape index (κ1) is 17.9. The second kappa shape index (κ2) is 7.64. The van der Waals surface area contributed by atoms with Gasteiger partial charge in [-0.25, -0.2) is 4.98 Å². The normalized spacial score (nSPS) is 16.2. The Balaban J connectivity index is 1.43. The summed E-state index contributed by atoms with van der Waals surface area (Å²) in [7, 11) is 0. The fourth-order valence-electron chi connectivity index (χ4n) is 3.20. The van der Waals surface area contributed by atoms with Gasteiger partial charge in [0.1, 0.15) is 4.88 Å². The van der Waals surface area contributed by atoms with Gasteiger partial charge < -0.3 is 0 Å². The van der Waals surface area contributed by atoms with Crippen LogP contribution in [0, 0.1) is 5.92 Å². The standard InChI is InChI=1S/C19H20ClN3OS2/c1-12-6-8-23(9-7-12)10-13-11-25-19(21-13)22-18(24)17-16(20)14-4-2-3-5-15(14)26-17/h2-5,11-12H,6-10H2,1H3,(H,21,22,24). The fraction of sp³-hybridized carbons (Fsp3) is 0.368. The zero-order chi connectivity index (χ0) is 18.1. The highest BCUT2D eigenvalue weighted by molar-refractivity contribution is 7.21. The molecule has 1 saturated heterocycles. The molecule has 1 aromatic carbocycles. The number of nitrogens with one attached hydrogen (secondary N) is 1. The van der Waals surface area contributed by atoms with Gasteiger partial charge >= 0.3 is 0 Å². The van der Waals surface area contributed by atoms with Gasteiger partial charge in [0.05, 0.1) is 10.7 Å². The number of benzene rings is 1. The van der Waals surface area contributed by atoms with Crippen LogP contribution in [0.4, 0.5) is 5.13 Å². The van der Waals surface area contributed by atoms with Crippen LogP contribution in [0.2, 0.25) is 5.02 Å². The number of piperidine rings is 1. The summed E-state index contributed by atoms with van der Waals surface area (Å²) < 4.78 is 1.02. The monoisotopic (exact) mass is 405 g/mol. The van der Waals surface area contributed by atoms with E-state index in [1.165, 1.54) is 35.5 Å². The first-order valence-corrected chi connectivity index (χ1v) is 10.8. The van der Waals surface area contributed by atoms with E-state index in [4.69, 9.17) is 11.6 Å². The average Bonchev–Trinajstić information content (AvgIpc) is 3.22. The number of hydrogen-bond donors (Lipinski definition) is 1.